The highest BCUT2D eigenvalue weighted by Gasteiger charge is 2.59. The van der Waals surface area contributed by atoms with Gasteiger partial charge in [-0.1, -0.05) is 0 Å². The molecule has 3 rings (SSSR count). The molecule has 124 valence electrons. The summed E-state index contributed by atoms with van der Waals surface area (Å²) < 4.78 is 0. The summed E-state index contributed by atoms with van der Waals surface area (Å²) in [6, 6.07) is 0. The number of Topliss-reactive ketones (excluding diaryl/α,β-unsaturated/α-hetero) is 1. The highest BCUT2D eigenvalue weighted by Crippen LogP contribution is 2.59. The fourth-order valence-electron chi connectivity index (χ4n) is 4.05. The van der Waals surface area contributed by atoms with Gasteiger partial charge in [-0.3, -0.25) is 14.4 Å². The molecule has 6 heteroatoms. The first kappa shape index (κ1) is 15.8. The van der Waals surface area contributed by atoms with Crippen LogP contribution >= 0.6 is 0 Å². The normalized spacial score (nSPS) is 22.2. The average Bonchev–Trinajstić information content (AvgIpc) is 3.09. The van der Waals surface area contributed by atoms with Crippen molar-refractivity contribution in [3.8, 4) is 0 Å². The molecular formula is C17H22N2O4. The van der Waals surface area contributed by atoms with Crippen molar-refractivity contribution in [2.24, 2.45) is 11.3 Å². The van der Waals surface area contributed by atoms with E-state index in [2.05, 4.69) is 4.98 Å². The van der Waals surface area contributed by atoms with Crippen molar-refractivity contribution in [2.75, 3.05) is 13.1 Å². The molecule has 1 aliphatic heterocycles. The number of hydrogen-bond acceptors (Lipinski definition) is 3. The summed E-state index contributed by atoms with van der Waals surface area (Å²) in [4.78, 5) is 40.3. The molecule has 0 radical (unpaired) electrons. The van der Waals surface area contributed by atoms with Gasteiger partial charge in [0.25, 0.3) is 5.91 Å². The Labute approximate surface area is 134 Å². The number of aromatic nitrogens is 1. The van der Waals surface area contributed by atoms with E-state index in [1.807, 2.05) is 0 Å². The molecule has 2 heterocycles. The van der Waals surface area contributed by atoms with Gasteiger partial charge < -0.3 is 15.0 Å². The smallest absolute Gasteiger partial charge is 0.307 e. The Kier molecular flexibility index (Phi) is 3.58. The Morgan fingerprint density at radius 1 is 1.22 bits per heavy atom. The number of likely N-dealkylation sites (tertiary alicyclic amines) is 1. The summed E-state index contributed by atoms with van der Waals surface area (Å²) >= 11 is 0. The Balaban J connectivity index is 1.73. The fourth-order valence-corrected chi connectivity index (χ4v) is 4.05. The van der Waals surface area contributed by atoms with Crippen molar-refractivity contribution in [3.63, 3.8) is 0 Å². The van der Waals surface area contributed by atoms with E-state index >= 15 is 0 Å². The van der Waals surface area contributed by atoms with E-state index in [1.165, 1.54) is 6.92 Å². The van der Waals surface area contributed by atoms with E-state index in [9.17, 15) is 14.4 Å². The number of carbonyl (C=O) groups excluding carboxylic acids is 2. The minimum absolute atomic E-state index is 0.0461. The third kappa shape index (κ3) is 2.46. The first-order valence-corrected chi connectivity index (χ1v) is 7.99. The number of aromatic amines is 1. The molecule has 0 bridgehead atoms. The predicted octanol–water partition coefficient (Wildman–Crippen LogP) is 2.16. The Hall–Kier alpha value is -2.11. The second-order valence-corrected chi connectivity index (χ2v) is 6.93. The molecule has 1 aromatic heterocycles. The van der Waals surface area contributed by atoms with Gasteiger partial charge >= 0.3 is 5.97 Å². The lowest BCUT2D eigenvalue weighted by molar-refractivity contribution is -0.139. The number of hydrogen-bond donors (Lipinski definition) is 2. The number of H-pyrrole nitrogens is 1. The van der Waals surface area contributed by atoms with Crippen molar-refractivity contribution in [1.82, 2.24) is 9.88 Å². The molecule has 1 unspecified atom stereocenters. The Morgan fingerprint density at radius 2 is 1.83 bits per heavy atom. The predicted molar refractivity (Wildman–Crippen MR) is 83.6 cm³/mol. The lowest BCUT2D eigenvalue weighted by atomic mass is 9.90. The number of nitrogens with zero attached hydrogens (tertiary/aromatic N) is 1. The summed E-state index contributed by atoms with van der Waals surface area (Å²) in [5.74, 6) is -1.10. The van der Waals surface area contributed by atoms with Crippen LogP contribution in [-0.4, -0.2) is 45.7 Å². The number of aliphatic carboxylic acids is 1. The van der Waals surface area contributed by atoms with Crippen LogP contribution in [0.3, 0.4) is 0 Å². The number of carboxylic acids is 1. The lowest BCUT2D eigenvalue weighted by Gasteiger charge is -2.32. The topological polar surface area (TPSA) is 90.5 Å². The number of aryl methyl sites for hydroxylation is 1. The zero-order chi connectivity index (χ0) is 16.9. The number of piperidine rings is 1. The molecule has 1 aromatic rings. The zero-order valence-electron chi connectivity index (χ0n) is 13.7. The first-order valence-electron chi connectivity index (χ1n) is 7.99. The van der Waals surface area contributed by atoms with Crippen LogP contribution in [0.15, 0.2) is 0 Å². The van der Waals surface area contributed by atoms with Gasteiger partial charge in [0.2, 0.25) is 0 Å². The van der Waals surface area contributed by atoms with Crippen LogP contribution in [0.1, 0.15) is 58.3 Å². The highest BCUT2D eigenvalue weighted by molar-refractivity contribution is 6.02. The first-order chi connectivity index (χ1) is 10.8. The molecule has 23 heavy (non-hydrogen) atoms. The molecule has 1 atom stereocenters. The van der Waals surface area contributed by atoms with Gasteiger partial charge in [-0.25, -0.2) is 0 Å². The van der Waals surface area contributed by atoms with Crippen LogP contribution in [0.5, 0.6) is 0 Å². The molecule has 0 aromatic carbocycles. The van der Waals surface area contributed by atoms with Crippen molar-refractivity contribution >= 4 is 17.7 Å². The summed E-state index contributed by atoms with van der Waals surface area (Å²) in [6.45, 7) is 6.25. The Bertz CT molecular complexity index is 696. The summed E-state index contributed by atoms with van der Waals surface area (Å²) in [5, 5.41) is 9.13. The van der Waals surface area contributed by atoms with Crippen molar-refractivity contribution in [3.05, 3.63) is 22.5 Å². The summed E-state index contributed by atoms with van der Waals surface area (Å²) in [5.41, 5.74) is 2.41. The number of carboxylic acid groups (broad SMARTS) is 1. The van der Waals surface area contributed by atoms with E-state index in [1.54, 1.807) is 18.7 Å². The fraction of sp³-hybridized carbons (Fsp3) is 0.588. The molecule has 2 N–H and O–H groups in total. The quantitative estimate of drug-likeness (QED) is 0.836. The minimum Gasteiger partial charge on any atom is -0.481 e. The van der Waals surface area contributed by atoms with Crippen molar-refractivity contribution in [2.45, 2.75) is 40.0 Å². The monoisotopic (exact) mass is 318 g/mol. The molecule has 2 aliphatic rings. The maximum atomic E-state index is 12.7. The number of ketones is 1. The standard InChI is InChI=1S/C17H22N2O4/c1-9-13(11(3)20)10(2)18-14(9)15(21)19-6-4-17(5-7-19)8-12(17)16(22)23/h12,18H,4-8H2,1-3H3,(H,22,23). The van der Waals surface area contributed by atoms with E-state index in [0.717, 1.165) is 25.0 Å². The maximum Gasteiger partial charge on any atom is 0.307 e. The zero-order valence-corrected chi connectivity index (χ0v) is 13.7. The summed E-state index contributed by atoms with van der Waals surface area (Å²) in [6.07, 6.45) is 2.22. The molecule has 6 nitrogen and oxygen atoms in total. The largest absolute Gasteiger partial charge is 0.481 e. The van der Waals surface area contributed by atoms with Gasteiger partial charge in [-0.05, 0) is 51.0 Å². The molecule has 1 aliphatic carbocycles. The van der Waals surface area contributed by atoms with Crippen LogP contribution in [-0.2, 0) is 4.79 Å². The van der Waals surface area contributed by atoms with Crippen molar-refractivity contribution in [1.29, 1.82) is 0 Å². The highest BCUT2D eigenvalue weighted by atomic mass is 16.4. The number of nitrogens with one attached hydrogen (secondary N) is 1. The number of carbonyl (C=O) groups is 3. The SMILES string of the molecule is CC(=O)c1c(C)[nH]c(C(=O)N2CCC3(CC2)CC3C(=O)O)c1C. The van der Waals surface area contributed by atoms with Gasteiger partial charge in [-0.2, -0.15) is 0 Å². The molecule has 1 saturated carbocycles. The number of amides is 1. The average molecular weight is 318 g/mol. The van der Waals surface area contributed by atoms with Crippen LogP contribution < -0.4 is 0 Å². The Morgan fingerprint density at radius 3 is 2.26 bits per heavy atom. The van der Waals surface area contributed by atoms with E-state index in [-0.39, 0.29) is 23.0 Å². The van der Waals surface area contributed by atoms with E-state index < -0.39 is 5.97 Å². The minimum atomic E-state index is -0.716. The van der Waals surface area contributed by atoms with Crippen LogP contribution in [0, 0.1) is 25.2 Å². The molecule has 1 amide bonds. The third-order valence-corrected chi connectivity index (χ3v) is 5.54. The maximum absolute atomic E-state index is 12.7. The van der Waals surface area contributed by atoms with Crippen LogP contribution in [0.4, 0.5) is 0 Å². The van der Waals surface area contributed by atoms with Gasteiger partial charge in [0.1, 0.15) is 5.69 Å². The van der Waals surface area contributed by atoms with Gasteiger partial charge in [-0.15, -0.1) is 0 Å². The van der Waals surface area contributed by atoms with Crippen LogP contribution in [0.2, 0.25) is 0 Å². The molecule has 2 fully saturated rings. The summed E-state index contributed by atoms with van der Waals surface area (Å²) in [7, 11) is 0. The number of rotatable bonds is 3. The second kappa shape index (κ2) is 5.22. The van der Waals surface area contributed by atoms with E-state index in [0.29, 0.717) is 29.9 Å². The third-order valence-electron chi connectivity index (χ3n) is 5.54. The second-order valence-electron chi connectivity index (χ2n) is 6.93. The van der Waals surface area contributed by atoms with Crippen molar-refractivity contribution < 1.29 is 19.5 Å². The lowest BCUT2D eigenvalue weighted by Crippen LogP contribution is -2.40. The van der Waals surface area contributed by atoms with Crippen LogP contribution in [0.25, 0.3) is 0 Å². The van der Waals surface area contributed by atoms with E-state index in [4.69, 9.17) is 5.11 Å². The molecule has 1 spiro atoms. The molecular weight excluding hydrogens is 296 g/mol. The molecule has 1 saturated heterocycles. The van der Waals surface area contributed by atoms with Gasteiger partial charge in [0.15, 0.2) is 5.78 Å². The van der Waals surface area contributed by atoms with Gasteiger partial charge in [0.05, 0.1) is 5.92 Å². The van der Waals surface area contributed by atoms with Gasteiger partial charge in [0, 0.05) is 24.3 Å².